The Bertz CT molecular complexity index is 660. The van der Waals surface area contributed by atoms with Gasteiger partial charge in [-0.3, -0.25) is 4.79 Å². The van der Waals surface area contributed by atoms with Crippen LogP contribution >= 0.6 is 0 Å². The molecule has 1 aromatic carbocycles. The molecule has 1 N–H and O–H groups in total. The number of carbonyl (C=O) groups excluding carboxylic acids is 1. The number of amides is 1. The van der Waals surface area contributed by atoms with Crippen molar-refractivity contribution in [2.45, 2.75) is 38.4 Å². The van der Waals surface area contributed by atoms with Crippen molar-refractivity contribution >= 4 is 11.6 Å². The first-order chi connectivity index (χ1) is 11.7. The third-order valence-electron chi connectivity index (χ3n) is 4.14. The van der Waals surface area contributed by atoms with Crippen LogP contribution in [-0.2, 0) is 23.2 Å². The van der Waals surface area contributed by atoms with Crippen molar-refractivity contribution in [3.63, 3.8) is 0 Å². The maximum Gasteiger partial charge on any atom is 0.224 e. The average Bonchev–Trinajstić information content (AvgIpc) is 3.24. The fraction of sp³-hybridized carbons (Fsp3) is 0.444. The Balaban J connectivity index is 1.43. The average molecular weight is 329 g/mol. The summed E-state index contributed by atoms with van der Waals surface area (Å²) in [4.78, 5) is 16.2. The molecule has 6 nitrogen and oxygen atoms in total. The van der Waals surface area contributed by atoms with Gasteiger partial charge < -0.3 is 19.4 Å². The molecule has 6 heteroatoms. The zero-order valence-electron chi connectivity index (χ0n) is 13.9. The molecule has 0 radical (unpaired) electrons. The molecule has 1 aromatic heterocycles. The smallest absolute Gasteiger partial charge is 0.224 e. The molecule has 2 aromatic rings. The Morgan fingerprint density at radius 1 is 1.42 bits per heavy atom. The lowest BCUT2D eigenvalue weighted by Crippen LogP contribution is -2.15. The summed E-state index contributed by atoms with van der Waals surface area (Å²) in [6.07, 6.45) is 7.32. The third-order valence-corrected chi connectivity index (χ3v) is 4.14. The monoisotopic (exact) mass is 329 g/mol. The molecule has 1 fully saturated rings. The van der Waals surface area contributed by atoms with E-state index in [1.54, 1.807) is 6.20 Å². The van der Waals surface area contributed by atoms with Crippen LogP contribution in [0.15, 0.2) is 36.7 Å². The van der Waals surface area contributed by atoms with Crippen molar-refractivity contribution in [1.82, 2.24) is 9.55 Å². The summed E-state index contributed by atoms with van der Waals surface area (Å²) in [7, 11) is 1.93. The van der Waals surface area contributed by atoms with E-state index in [4.69, 9.17) is 9.47 Å². The molecule has 1 saturated heterocycles. The zero-order chi connectivity index (χ0) is 16.8. The Morgan fingerprint density at radius 2 is 2.25 bits per heavy atom. The second-order valence-electron chi connectivity index (χ2n) is 5.99. The first kappa shape index (κ1) is 16.5. The maximum atomic E-state index is 12.0. The molecule has 0 bridgehead atoms. The summed E-state index contributed by atoms with van der Waals surface area (Å²) in [5.74, 6) is 1.63. The number of nitrogens with one attached hydrogen (secondary N) is 1. The van der Waals surface area contributed by atoms with Crippen LogP contribution in [0, 0.1) is 0 Å². The first-order valence-corrected chi connectivity index (χ1v) is 8.31. The van der Waals surface area contributed by atoms with Crippen LogP contribution in [0.3, 0.4) is 0 Å². The molecule has 0 unspecified atom stereocenters. The minimum Gasteiger partial charge on any atom is -0.486 e. The van der Waals surface area contributed by atoms with E-state index in [0.717, 1.165) is 43.1 Å². The third kappa shape index (κ3) is 4.58. The molecular weight excluding hydrogens is 306 g/mol. The van der Waals surface area contributed by atoms with Crippen molar-refractivity contribution in [2.24, 2.45) is 7.05 Å². The lowest BCUT2D eigenvalue weighted by Gasteiger charge is -2.10. The fourth-order valence-corrected chi connectivity index (χ4v) is 2.71. The van der Waals surface area contributed by atoms with E-state index in [0.29, 0.717) is 13.0 Å². The molecule has 24 heavy (non-hydrogen) atoms. The lowest BCUT2D eigenvalue weighted by atomic mass is 10.1. The topological polar surface area (TPSA) is 65.4 Å². The molecular formula is C18H23N3O3. The summed E-state index contributed by atoms with van der Waals surface area (Å²) in [5.41, 5.74) is 0.775. The number of carbonyl (C=O) groups is 1. The number of anilines is 1. The Hall–Kier alpha value is -2.34. The number of hydrogen-bond acceptors (Lipinski definition) is 4. The van der Waals surface area contributed by atoms with E-state index in [-0.39, 0.29) is 12.0 Å². The first-order valence-electron chi connectivity index (χ1n) is 8.31. The zero-order valence-corrected chi connectivity index (χ0v) is 13.9. The molecule has 3 rings (SSSR count). The normalized spacial score (nSPS) is 17.0. The highest BCUT2D eigenvalue weighted by molar-refractivity contribution is 5.90. The van der Waals surface area contributed by atoms with Gasteiger partial charge in [0.1, 0.15) is 18.2 Å². The second-order valence-corrected chi connectivity index (χ2v) is 5.99. The summed E-state index contributed by atoms with van der Waals surface area (Å²) in [6.45, 7) is 1.24. The molecule has 1 atom stereocenters. The number of aromatic nitrogens is 2. The van der Waals surface area contributed by atoms with E-state index in [9.17, 15) is 4.79 Å². The minimum atomic E-state index is 0.0205. The molecule has 1 aliphatic rings. The Morgan fingerprint density at radius 3 is 2.92 bits per heavy atom. The summed E-state index contributed by atoms with van der Waals surface area (Å²) in [6, 6.07) is 7.38. The molecule has 1 amide bonds. The van der Waals surface area contributed by atoms with Crippen LogP contribution in [-0.4, -0.2) is 28.2 Å². The number of rotatable bonds is 7. The van der Waals surface area contributed by atoms with Gasteiger partial charge in [0, 0.05) is 38.2 Å². The molecule has 2 heterocycles. The predicted octanol–water partition coefficient (Wildman–Crippen LogP) is 2.90. The Kier molecular flexibility index (Phi) is 5.48. The van der Waals surface area contributed by atoms with Gasteiger partial charge in [-0.15, -0.1) is 0 Å². The lowest BCUT2D eigenvalue weighted by molar-refractivity contribution is -0.116. The minimum absolute atomic E-state index is 0.0205. The van der Waals surface area contributed by atoms with Crippen LogP contribution in [0.4, 0.5) is 5.69 Å². The number of benzene rings is 1. The van der Waals surface area contributed by atoms with E-state index < -0.39 is 0 Å². The van der Waals surface area contributed by atoms with Gasteiger partial charge in [-0.1, -0.05) is 0 Å². The largest absolute Gasteiger partial charge is 0.486 e. The SMILES string of the molecule is Cn1ccnc1COc1ccc(NC(=O)CC[C@@H]2CCCO2)cc1. The van der Waals surface area contributed by atoms with Crippen molar-refractivity contribution < 1.29 is 14.3 Å². The summed E-state index contributed by atoms with van der Waals surface area (Å²) < 4.78 is 13.1. The number of ether oxygens (including phenoxy) is 2. The van der Waals surface area contributed by atoms with Gasteiger partial charge in [0.05, 0.1) is 6.10 Å². The van der Waals surface area contributed by atoms with E-state index in [2.05, 4.69) is 10.3 Å². The van der Waals surface area contributed by atoms with Crippen molar-refractivity contribution in [1.29, 1.82) is 0 Å². The van der Waals surface area contributed by atoms with Gasteiger partial charge in [-0.25, -0.2) is 4.98 Å². The molecule has 0 spiro atoms. The van der Waals surface area contributed by atoms with E-state index in [1.165, 1.54) is 0 Å². The van der Waals surface area contributed by atoms with Crippen LogP contribution in [0.2, 0.25) is 0 Å². The van der Waals surface area contributed by atoms with Crippen molar-refractivity contribution in [3.8, 4) is 5.75 Å². The van der Waals surface area contributed by atoms with E-state index in [1.807, 2.05) is 42.1 Å². The van der Waals surface area contributed by atoms with Gasteiger partial charge in [-0.2, -0.15) is 0 Å². The van der Waals surface area contributed by atoms with Crippen LogP contribution in [0.5, 0.6) is 5.75 Å². The molecule has 0 saturated carbocycles. The highest BCUT2D eigenvalue weighted by Crippen LogP contribution is 2.19. The highest BCUT2D eigenvalue weighted by Gasteiger charge is 2.16. The highest BCUT2D eigenvalue weighted by atomic mass is 16.5. The van der Waals surface area contributed by atoms with Gasteiger partial charge in [0.15, 0.2) is 0 Å². The summed E-state index contributed by atoms with van der Waals surface area (Å²) in [5, 5.41) is 2.91. The van der Waals surface area contributed by atoms with Gasteiger partial charge in [0.25, 0.3) is 0 Å². The number of aryl methyl sites for hydroxylation is 1. The maximum absolute atomic E-state index is 12.0. The Labute approximate surface area is 141 Å². The fourth-order valence-electron chi connectivity index (χ4n) is 2.71. The number of nitrogens with zero attached hydrogens (tertiary/aromatic N) is 2. The van der Waals surface area contributed by atoms with Crippen LogP contribution in [0.25, 0.3) is 0 Å². The van der Waals surface area contributed by atoms with Gasteiger partial charge in [0.2, 0.25) is 5.91 Å². The quantitative estimate of drug-likeness (QED) is 0.848. The standard InChI is InChI=1S/C18H23N3O3/c1-21-11-10-19-17(21)13-24-16-6-4-14(5-7-16)20-18(22)9-8-15-3-2-12-23-15/h4-7,10-11,15H,2-3,8-9,12-13H2,1H3,(H,20,22)/t15-/m0/s1. The molecule has 0 aliphatic carbocycles. The van der Waals surface area contributed by atoms with Crippen LogP contribution in [0.1, 0.15) is 31.5 Å². The van der Waals surface area contributed by atoms with Crippen LogP contribution < -0.4 is 10.1 Å². The second kappa shape index (κ2) is 7.97. The van der Waals surface area contributed by atoms with E-state index >= 15 is 0 Å². The van der Waals surface area contributed by atoms with Crippen molar-refractivity contribution in [3.05, 3.63) is 42.5 Å². The van der Waals surface area contributed by atoms with Gasteiger partial charge >= 0.3 is 0 Å². The van der Waals surface area contributed by atoms with Gasteiger partial charge in [-0.05, 0) is 43.5 Å². The summed E-state index contributed by atoms with van der Waals surface area (Å²) >= 11 is 0. The van der Waals surface area contributed by atoms with Crippen molar-refractivity contribution in [2.75, 3.05) is 11.9 Å². The molecule has 1 aliphatic heterocycles. The molecule has 128 valence electrons. The predicted molar refractivity (Wildman–Crippen MR) is 90.8 cm³/mol. The number of hydrogen-bond donors (Lipinski definition) is 1. The number of imidazole rings is 1.